The van der Waals surface area contributed by atoms with Crippen LogP contribution in [-0.2, 0) is 16.1 Å². The fraction of sp³-hybridized carbons (Fsp3) is 0.588. The molecule has 0 heterocycles. The van der Waals surface area contributed by atoms with Crippen molar-refractivity contribution in [2.45, 2.75) is 57.5 Å². The van der Waals surface area contributed by atoms with Gasteiger partial charge < -0.3 is 10.1 Å². The van der Waals surface area contributed by atoms with Gasteiger partial charge in [0, 0.05) is 12.1 Å². The first-order valence-electron chi connectivity index (χ1n) is 7.69. The van der Waals surface area contributed by atoms with E-state index < -0.39 is 0 Å². The third kappa shape index (κ3) is 4.34. The van der Waals surface area contributed by atoms with Crippen LogP contribution in [0.2, 0.25) is 0 Å². The van der Waals surface area contributed by atoms with Crippen molar-refractivity contribution in [2.24, 2.45) is 0 Å². The summed E-state index contributed by atoms with van der Waals surface area (Å²) in [5.41, 5.74) is 1.20. The van der Waals surface area contributed by atoms with Crippen molar-refractivity contribution < 1.29 is 9.53 Å². The first kappa shape index (κ1) is 15.0. The number of carbonyl (C=O) groups excluding carboxylic acids is 1. The van der Waals surface area contributed by atoms with E-state index >= 15 is 0 Å². The molecule has 1 saturated carbocycles. The van der Waals surface area contributed by atoms with Crippen molar-refractivity contribution in [1.82, 2.24) is 5.32 Å². The van der Waals surface area contributed by atoms with E-state index in [1.165, 1.54) is 24.8 Å². The standard InChI is InChI=1S/C17H25NO2/c1-2-20-16(19)13-17(11-7-4-8-12-17)18-14-15-9-5-3-6-10-15/h3,5-6,9-10,18H,2,4,7-8,11-14H2,1H3. The van der Waals surface area contributed by atoms with Gasteiger partial charge in [0.2, 0.25) is 0 Å². The Morgan fingerprint density at radius 1 is 1.20 bits per heavy atom. The summed E-state index contributed by atoms with van der Waals surface area (Å²) in [4.78, 5) is 11.9. The van der Waals surface area contributed by atoms with Gasteiger partial charge in [-0.15, -0.1) is 0 Å². The molecule has 0 aliphatic heterocycles. The number of hydrogen-bond donors (Lipinski definition) is 1. The zero-order valence-corrected chi connectivity index (χ0v) is 12.4. The van der Waals surface area contributed by atoms with E-state index in [-0.39, 0.29) is 11.5 Å². The molecular formula is C17H25NO2. The summed E-state index contributed by atoms with van der Waals surface area (Å²) >= 11 is 0. The second-order valence-electron chi connectivity index (χ2n) is 5.66. The number of ether oxygens (including phenoxy) is 1. The highest BCUT2D eigenvalue weighted by Gasteiger charge is 2.34. The van der Waals surface area contributed by atoms with Crippen LogP contribution in [0.4, 0.5) is 0 Å². The lowest BCUT2D eigenvalue weighted by atomic mass is 9.79. The van der Waals surface area contributed by atoms with E-state index in [2.05, 4.69) is 29.6 Å². The second-order valence-corrected chi connectivity index (χ2v) is 5.66. The molecule has 0 radical (unpaired) electrons. The van der Waals surface area contributed by atoms with Gasteiger partial charge in [0.05, 0.1) is 13.0 Å². The minimum Gasteiger partial charge on any atom is -0.466 e. The summed E-state index contributed by atoms with van der Waals surface area (Å²) in [5, 5.41) is 3.64. The molecular weight excluding hydrogens is 250 g/mol. The highest BCUT2D eigenvalue weighted by Crippen LogP contribution is 2.31. The molecule has 0 saturated heterocycles. The van der Waals surface area contributed by atoms with Crippen LogP contribution in [0.25, 0.3) is 0 Å². The Bertz CT molecular complexity index is 410. The van der Waals surface area contributed by atoms with Gasteiger partial charge in [0.1, 0.15) is 0 Å². The van der Waals surface area contributed by atoms with Gasteiger partial charge in [-0.05, 0) is 25.3 Å². The molecule has 20 heavy (non-hydrogen) atoms. The van der Waals surface area contributed by atoms with Crippen LogP contribution in [0.3, 0.4) is 0 Å². The summed E-state index contributed by atoms with van der Waals surface area (Å²) in [5.74, 6) is -0.0741. The Kier molecular flexibility index (Phi) is 5.60. The molecule has 1 aromatic rings. The number of carbonyl (C=O) groups is 1. The molecule has 0 amide bonds. The highest BCUT2D eigenvalue weighted by molar-refractivity contribution is 5.71. The molecule has 0 unspecified atom stereocenters. The predicted octanol–water partition coefficient (Wildman–Crippen LogP) is 3.43. The number of nitrogens with one attached hydrogen (secondary N) is 1. The van der Waals surface area contributed by atoms with Crippen LogP contribution in [0.1, 0.15) is 51.0 Å². The summed E-state index contributed by atoms with van der Waals surface area (Å²) in [6, 6.07) is 10.4. The third-order valence-corrected chi connectivity index (χ3v) is 4.11. The normalized spacial score (nSPS) is 17.6. The van der Waals surface area contributed by atoms with Gasteiger partial charge in [-0.25, -0.2) is 0 Å². The Balaban J connectivity index is 1.97. The van der Waals surface area contributed by atoms with Gasteiger partial charge in [-0.1, -0.05) is 49.6 Å². The minimum atomic E-state index is -0.0741. The van der Waals surface area contributed by atoms with Crippen LogP contribution in [-0.4, -0.2) is 18.1 Å². The predicted molar refractivity (Wildman–Crippen MR) is 80.3 cm³/mol. The first-order valence-corrected chi connectivity index (χ1v) is 7.69. The molecule has 2 rings (SSSR count). The summed E-state index contributed by atoms with van der Waals surface area (Å²) < 4.78 is 5.14. The van der Waals surface area contributed by atoms with E-state index in [0.717, 1.165) is 19.4 Å². The average Bonchev–Trinajstić information content (AvgIpc) is 2.47. The lowest BCUT2D eigenvalue weighted by Gasteiger charge is -2.37. The van der Waals surface area contributed by atoms with Crippen molar-refractivity contribution in [3.8, 4) is 0 Å². The molecule has 0 bridgehead atoms. The average molecular weight is 275 g/mol. The molecule has 3 heteroatoms. The maximum absolute atomic E-state index is 11.9. The molecule has 1 aliphatic carbocycles. The largest absolute Gasteiger partial charge is 0.466 e. The first-order chi connectivity index (χ1) is 9.74. The van der Waals surface area contributed by atoms with Crippen molar-refractivity contribution in [1.29, 1.82) is 0 Å². The molecule has 1 N–H and O–H groups in total. The number of hydrogen-bond acceptors (Lipinski definition) is 3. The van der Waals surface area contributed by atoms with Crippen molar-refractivity contribution in [3.63, 3.8) is 0 Å². The molecule has 0 atom stereocenters. The number of esters is 1. The van der Waals surface area contributed by atoms with Gasteiger partial charge in [-0.3, -0.25) is 4.79 Å². The van der Waals surface area contributed by atoms with Crippen LogP contribution in [0.5, 0.6) is 0 Å². The SMILES string of the molecule is CCOC(=O)CC1(NCc2ccccc2)CCCCC1. The minimum absolute atomic E-state index is 0.0691. The van der Waals surface area contributed by atoms with E-state index in [4.69, 9.17) is 4.74 Å². The molecule has 3 nitrogen and oxygen atoms in total. The van der Waals surface area contributed by atoms with E-state index in [1.54, 1.807) is 0 Å². The van der Waals surface area contributed by atoms with Crippen molar-refractivity contribution in [2.75, 3.05) is 6.61 Å². The van der Waals surface area contributed by atoms with Crippen LogP contribution >= 0.6 is 0 Å². The molecule has 0 spiro atoms. The second kappa shape index (κ2) is 7.44. The van der Waals surface area contributed by atoms with Gasteiger partial charge in [-0.2, -0.15) is 0 Å². The summed E-state index contributed by atoms with van der Waals surface area (Å²) in [6.45, 7) is 3.15. The fourth-order valence-electron chi connectivity index (χ4n) is 3.02. The highest BCUT2D eigenvalue weighted by atomic mass is 16.5. The van der Waals surface area contributed by atoms with Crippen LogP contribution < -0.4 is 5.32 Å². The zero-order chi connectivity index (χ0) is 14.3. The van der Waals surface area contributed by atoms with E-state index in [1.807, 2.05) is 13.0 Å². The smallest absolute Gasteiger partial charge is 0.307 e. The fourth-order valence-corrected chi connectivity index (χ4v) is 3.02. The Labute approximate surface area is 121 Å². The summed E-state index contributed by atoms with van der Waals surface area (Å²) in [7, 11) is 0. The lowest BCUT2D eigenvalue weighted by molar-refractivity contribution is -0.145. The topological polar surface area (TPSA) is 38.3 Å². The van der Waals surface area contributed by atoms with Crippen LogP contribution in [0.15, 0.2) is 30.3 Å². The Morgan fingerprint density at radius 2 is 1.90 bits per heavy atom. The monoisotopic (exact) mass is 275 g/mol. The van der Waals surface area contributed by atoms with Gasteiger partial charge in [0.25, 0.3) is 0 Å². The Hall–Kier alpha value is -1.35. The Morgan fingerprint density at radius 3 is 2.55 bits per heavy atom. The molecule has 1 aromatic carbocycles. The van der Waals surface area contributed by atoms with Gasteiger partial charge >= 0.3 is 5.97 Å². The van der Waals surface area contributed by atoms with E-state index in [9.17, 15) is 4.79 Å². The quantitative estimate of drug-likeness (QED) is 0.808. The lowest BCUT2D eigenvalue weighted by Crippen LogP contribution is -2.48. The molecule has 1 fully saturated rings. The van der Waals surface area contributed by atoms with Gasteiger partial charge in [0.15, 0.2) is 0 Å². The molecule has 0 aromatic heterocycles. The van der Waals surface area contributed by atoms with Crippen LogP contribution in [0, 0.1) is 0 Å². The molecule has 1 aliphatic rings. The van der Waals surface area contributed by atoms with E-state index in [0.29, 0.717) is 13.0 Å². The number of rotatable bonds is 6. The maximum Gasteiger partial charge on any atom is 0.307 e. The number of benzene rings is 1. The van der Waals surface area contributed by atoms with Crippen molar-refractivity contribution in [3.05, 3.63) is 35.9 Å². The summed E-state index contributed by atoms with van der Waals surface area (Å²) in [6.07, 6.45) is 6.30. The molecule has 110 valence electrons. The third-order valence-electron chi connectivity index (χ3n) is 4.11. The maximum atomic E-state index is 11.9. The van der Waals surface area contributed by atoms with Crippen molar-refractivity contribution >= 4 is 5.97 Å². The zero-order valence-electron chi connectivity index (χ0n) is 12.4.